The Kier molecular flexibility index (Phi) is 4.75. The fraction of sp³-hybridized carbons (Fsp3) is 0.529. The largest absolute Gasteiger partial charge is 0.484 e. The molecule has 2 rings (SSSR count). The molecule has 5 heteroatoms. The van der Waals surface area contributed by atoms with Crippen LogP contribution in [0.15, 0.2) is 18.2 Å². The first-order valence-corrected chi connectivity index (χ1v) is 7.88. The molecule has 0 aliphatic carbocycles. The van der Waals surface area contributed by atoms with Crippen LogP contribution < -0.4 is 9.64 Å². The molecule has 0 saturated carbocycles. The monoisotopic (exact) mass is 321 g/mol. The van der Waals surface area contributed by atoms with Crippen molar-refractivity contribution in [2.45, 2.75) is 46.1 Å². The topological polar surface area (TPSA) is 38.8 Å². The van der Waals surface area contributed by atoms with Crippen LogP contribution >= 0.6 is 12.2 Å². The summed E-state index contributed by atoms with van der Waals surface area (Å²) >= 11 is 5.37. The zero-order valence-corrected chi connectivity index (χ0v) is 14.6. The molecule has 0 fully saturated rings. The number of benzene rings is 1. The minimum atomic E-state index is -0.506. The summed E-state index contributed by atoms with van der Waals surface area (Å²) in [5.74, 6) is 0.859. The highest BCUT2D eigenvalue weighted by Gasteiger charge is 2.28. The minimum Gasteiger partial charge on any atom is -0.484 e. The van der Waals surface area contributed by atoms with E-state index >= 15 is 0 Å². The van der Waals surface area contributed by atoms with Gasteiger partial charge in [-0.2, -0.15) is 0 Å². The summed E-state index contributed by atoms with van der Waals surface area (Å²) in [4.78, 5) is 14.5. The summed E-state index contributed by atoms with van der Waals surface area (Å²) in [7, 11) is 0. The van der Waals surface area contributed by atoms with Crippen molar-refractivity contribution in [2.24, 2.45) is 0 Å². The molecule has 22 heavy (non-hydrogen) atoms. The number of esters is 1. The first-order valence-electron chi connectivity index (χ1n) is 7.47. The van der Waals surface area contributed by atoms with Crippen molar-refractivity contribution in [1.82, 2.24) is 0 Å². The Bertz CT molecular complexity index is 590. The maximum absolute atomic E-state index is 12.1. The standard InChI is InChI=1S/C17H23NO3S/c1-11(2)12-7-6-8-13-16(12)20-10-14(22)18(13)9-15(19)21-17(3,4)5/h6-8,11H,9-10H2,1-5H3. The zero-order chi connectivity index (χ0) is 16.5. The van der Waals surface area contributed by atoms with E-state index in [-0.39, 0.29) is 12.5 Å². The second kappa shape index (κ2) is 6.24. The first-order chi connectivity index (χ1) is 10.2. The highest BCUT2D eigenvalue weighted by molar-refractivity contribution is 7.80. The van der Waals surface area contributed by atoms with E-state index in [9.17, 15) is 4.79 Å². The van der Waals surface area contributed by atoms with E-state index in [2.05, 4.69) is 13.8 Å². The lowest BCUT2D eigenvalue weighted by atomic mass is 10.00. The quantitative estimate of drug-likeness (QED) is 0.627. The number of para-hydroxylation sites is 1. The van der Waals surface area contributed by atoms with Gasteiger partial charge in [-0.3, -0.25) is 4.79 Å². The summed E-state index contributed by atoms with van der Waals surface area (Å²) in [5, 5.41) is 0. The molecule has 0 spiro atoms. The highest BCUT2D eigenvalue weighted by Crippen LogP contribution is 2.38. The average molecular weight is 321 g/mol. The van der Waals surface area contributed by atoms with Crippen molar-refractivity contribution in [3.05, 3.63) is 23.8 Å². The molecule has 0 radical (unpaired) electrons. The third-order valence-corrected chi connectivity index (χ3v) is 3.62. The van der Waals surface area contributed by atoms with Crippen molar-refractivity contribution in [3.8, 4) is 5.75 Å². The fourth-order valence-corrected chi connectivity index (χ4v) is 2.61. The Balaban J connectivity index is 2.29. The van der Waals surface area contributed by atoms with Gasteiger partial charge in [0.2, 0.25) is 0 Å². The minimum absolute atomic E-state index is 0.105. The second-order valence-corrected chi connectivity index (χ2v) is 7.18. The first kappa shape index (κ1) is 16.7. The lowest BCUT2D eigenvalue weighted by molar-refractivity contribution is -0.152. The molecule has 4 nitrogen and oxygen atoms in total. The molecule has 120 valence electrons. The summed E-state index contributed by atoms with van der Waals surface area (Å²) in [6, 6.07) is 5.94. The van der Waals surface area contributed by atoms with Gasteiger partial charge in [0.1, 0.15) is 29.5 Å². The number of carbonyl (C=O) groups is 1. The Labute approximate surface area is 137 Å². The van der Waals surface area contributed by atoms with Crippen molar-refractivity contribution < 1.29 is 14.3 Å². The lowest BCUT2D eigenvalue weighted by Gasteiger charge is -2.33. The Morgan fingerprint density at radius 3 is 2.68 bits per heavy atom. The van der Waals surface area contributed by atoms with Crippen LogP contribution in [0.2, 0.25) is 0 Å². The number of nitrogens with zero attached hydrogens (tertiary/aromatic N) is 1. The van der Waals surface area contributed by atoms with Crippen LogP contribution in [0.4, 0.5) is 5.69 Å². The number of fused-ring (bicyclic) bond motifs is 1. The van der Waals surface area contributed by atoms with Gasteiger partial charge >= 0.3 is 5.97 Å². The summed E-state index contributed by atoms with van der Waals surface area (Å²) in [5.41, 5.74) is 1.45. The summed E-state index contributed by atoms with van der Waals surface area (Å²) in [6.45, 7) is 10.2. The van der Waals surface area contributed by atoms with Gasteiger partial charge in [-0.1, -0.05) is 38.2 Å². The van der Waals surface area contributed by atoms with E-state index in [1.54, 1.807) is 0 Å². The van der Waals surface area contributed by atoms with Gasteiger partial charge in [-0.25, -0.2) is 0 Å². The van der Waals surface area contributed by atoms with Gasteiger partial charge in [0, 0.05) is 0 Å². The van der Waals surface area contributed by atoms with Gasteiger partial charge < -0.3 is 14.4 Å². The molecule has 1 aromatic rings. The number of ether oxygens (including phenoxy) is 2. The van der Waals surface area contributed by atoms with Crippen LogP contribution in [0, 0.1) is 0 Å². The number of hydrogen-bond donors (Lipinski definition) is 0. The molecular formula is C17H23NO3S. The normalized spacial score (nSPS) is 14.6. The lowest BCUT2D eigenvalue weighted by Crippen LogP contribution is -2.43. The molecule has 0 saturated heterocycles. The van der Waals surface area contributed by atoms with Crippen molar-refractivity contribution in [1.29, 1.82) is 0 Å². The van der Waals surface area contributed by atoms with E-state index < -0.39 is 5.60 Å². The van der Waals surface area contributed by atoms with E-state index in [1.165, 1.54) is 0 Å². The molecule has 1 heterocycles. The number of anilines is 1. The molecule has 1 aromatic carbocycles. The van der Waals surface area contributed by atoms with Gasteiger partial charge in [0.15, 0.2) is 0 Å². The van der Waals surface area contributed by atoms with E-state index in [0.29, 0.717) is 17.5 Å². The van der Waals surface area contributed by atoms with Crippen LogP contribution in [-0.4, -0.2) is 29.7 Å². The van der Waals surface area contributed by atoms with Crippen LogP contribution in [0.25, 0.3) is 0 Å². The zero-order valence-electron chi connectivity index (χ0n) is 13.8. The molecule has 0 unspecified atom stereocenters. The van der Waals surface area contributed by atoms with Gasteiger partial charge in [0.25, 0.3) is 0 Å². The molecule has 0 bridgehead atoms. The molecule has 0 aromatic heterocycles. The van der Waals surface area contributed by atoms with Crippen molar-refractivity contribution in [2.75, 3.05) is 18.1 Å². The number of thiocarbonyl (C=S) groups is 1. The maximum Gasteiger partial charge on any atom is 0.326 e. The fourth-order valence-electron chi connectivity index (χ4n) is 2.39. The van der Waals surface area contributed by atoms with Gasteiger partial charge in [-0.15, -0.1) is 0 Å². The SMILES string of the molecule is CC(C)c1cccc2c1OCC(=S)N2CC(=O)OC(C)(C)C. The maximum atomic E-state index is 12.1. The molecule has 1 aliphatic heterocycles. The van der Waals surface area contributed by atoms with Crippen molar-refractivity contribution >= 4 is 28.9 Å². The predicted octanol–water partition coefficient (Wildman–Crippen LogP) is 3.68. The molecule has 0 atom stereocenters. The Hall–Kier alpha value is -1.62. The van der Waals surface area contributed by atoms with E-state index in [0.717, 1.165) is 17.0 Å². The molecular weight excluding hydrogens is 298 g/mol. The van der Waals surface area contributed by atoms with Crippen LogP contribution in [0.1, 0.15) is 46.1 Å². The molecule has 0 amide bonds. The van der Waals surface area contributed by atoms with Crippen LogP contribution in [0.5, 0.6) is 5.75 Å². The highest BCUT2D eigenvalue weighted by atomic mass is 32.1. The van der Waals surface area contributed by atoms with E-state index in [1.807, 2.05) is 43.9 Å². The summed E-state index contributed by atoms with van der Waals surface area (Å²) < 4.78 is 11.2. The molecule has 1 aliphatic rings. The third kappa shape index (κ3) is 3.77. The third-order valence-electron chi connectivity index (χ3n) is 3.29. The average Bonchev–Trinajstić information content (AvgIpc) is 2.39. The smallest absolute Gasteiger partial charge is 0.326 e. The van der Waals surface area contributed by atoms with Gasteiger partial charge in [-0.05, 0) is 38.3 Å². The number of rotatable bonds is 3. The van der Waals surface area contributed by atoms with Gasteiger partial charge in [0.05, 0.1) is 5.69 Å². The summed E-state index contributed by atoms with van der Waals surface area (Å²) in [6.07, 6.45) is 0. The number of carbonyl (C=O) groups excluding carboxylic acids is 1. The van der Waals surface area contributed by atoms with Crippen LogP contribution in [-0.2, 0) is 9.53 Å². The predicted molar refractivity (Wildman–Crippen MR) is 91.8 cm³/mol. The van der Waals surface area contributed by atoms with E-state index in [4.69, 9.17) is 21.7 Å². The Morgan fingerprint density at radius 2 is 2.09 bits per heavy atom. The van der Waals surface area contributed by atoms with Crippen molar-refractivity contribution in [3.63, 3.8) is 0 Å². The van der Waals surface area contributed by atoms with Crippen LogP contribution in [0.3, 0.4) is 0 Å². The second-order valence-electron chi connectivity index (χ2n) is 6.71. The number of hydrogen-bond acceptors (Lipinski definition) is 4. The Morgan fingerprint density at radius 1 is 1.41 bits per heavy atom. The molecule has 0 N–H and O–H groups in total.